The van der Waals surface area contributed by atoms with Crippen LogP contribution in [-0.4, -0.2) is 27.7 Å². The number of fused-ring (bicyclic) bond motifs is 1. The maximum Gasteiger partial charge on any atom is 0.330 e. The lowest BCUT2D eigenvalue weighted by molar-refractivity contribution is 0.274. The normalized spacial score (nSPS) is 13.8. The molecule has 1 aliphatic rings. The van der Waals surface area contributed by atoms with Crippen LogP contribution in [0.1, 0.15) is 16.7 Å². The number of hydrogen-bond acceptors (Lipinski definition) is 4. The molecule has 0 saturated heterocycles. The van der Waals surface area contributed by atoms with Gasteiger partial charge in [0.1, 0.15) is 5.82 Å². The fourth-order valence-electron chi connectivity index (χ4n) is 3.43. The van der Waals surface area contributed by atoms with Crippen molar-refractivity contribution in [1.82, 2.24) is 14.5 Å². The number of rotatable bonds is 5. The molecule has 0 atom stereocenters. The Labute approximate surface area is 157 Å². The standard InChI is InChI=1S/C21H22N4O2/c26-20-18-14-24(12-11-16-7-3-1-4-8-16)15-22-19(18)25(21(27)23-20)13-17-9-5-2-6-10-17/h1-10,22H,11-15H2,(H,23,26,27). The number of benzene rings is 2. The lowest BCUT2D eigenvalue weighted by Gasteiger charge is -2.30. The SMILES string of the molecule is O=c1[nH]c(=O)n(Cc2ccccc2)c2c1CN(CCc1ccccc1)CN2. The Kier molecular flexibility index (Phi) is 4.89. The first kappa shape index (κ1) is 17.3. The maximum atomic E-state index is 12.4. The van der Waals surface area contributed by atoms with Crippen molar-refractivity contribution in [3.63, 3.8) is 0 Å². The molecule has 0 aliphatic carbocycles. The van der Waals surface area contributed by atoms with E-state index in [2.05, 4.69) is 27.3 Å². The van der Waals surface area contributed by atoms with Gasteiger partial charge in [-0.05, 0) is 17.5 Å². The van der Waals surface area contributed by atoms with E-state index in [0.717, 1.165) is 18.5 Å². The molecule has 27 heavy (non-hydrogen) atoms. The molecule has 2 aromatic carbocycles. The number of anilines is 1. The zero-order valence-corrected chi connectivity index (χ0v) is 15.0. The molecule has 0 bridgehead atoms. The van der Waals surface area contributed by atoms with Crippen LogP contribution in [0.25, 0.3) is 0 Å². The summed E-state index contributed by atoms with van der Waals surface area (Å²) < 4.78 is 1.61. The van der Waals surface area contributed by atoms with Crippen molar-refractivity contribution in [2.24, 2.45) is 0 Å². The molecule has 0 unspecified atom stereocenters. The molecule has 6 heteroatoms. The van der Waals surface area contributed by atoms with Crippen LogP contribution in [0.2, 0.25) is 0 Å². The van der Waals surface area contributed by atoms with Gasteiger partial charge in [-0.15, -0.1) is 0 Å². The highest BCUT2D eigenvalue weighted by Gasteiger charge is 2.22. The average Bonchev–Trinajstić information content (AvgIpc) is 2.71. The first-order chi connectivity index (χ1) is 13.2. The predicted octanol–water partition coefficient (Wildman–Crippen LogP) is 2.01. The summed E-state index contributed by atoms with van der Waals surface area (Å²) >= 11 is 0. The third kappa shape index (κ3) is 3.85. The van der Waals surface area contributed by atoms with Gasteiger partial charge in [-0.25, -0.2) is 4.79 Å². The van der Waals surface area contributed by atoms with Gasteiger partial charge in [0.2, 0.25) is 0 Å². The molecule has 138 valence electrons. The van der Waals surface area contributed by atoms with Gasteiger partial charge in [-0.1, -0.05) is 60.7 Å². The molecule has 1 aliphatic heterocycles. The fraction of sp³-hybridized carbons (Fsp3) is 0.238. The summed E-state index contributed by atoms with van der Waals surface area (Å²) in [5.74, 6) is 0.628. The van der Waals surface area contributed by atoms with Gasteiger partial charge in [-0.3, -0.25) is 19.2 Å². The van der Waals surface area contributed by atoms with Crippen LogP contribution in [0.15, 0.2) is 70.3 Å². The number of nitrogens with zero attached hydrogens (tertiary/aromatic N) is 2. The van der Waals surface area contributed by atoms with Gasteiger partial charge >= 0.3 is 5.69 Å². The summed E-state index contributed by atoms with van der Waals surface area (Å²) in [5, 5.41) is 3.29. The Bertz CT molecular complexity index is 1030. The topological polar surface area (TPSA) is 70.1 Å². The second kappa shape index (κ2) is 7.63. The molecular weight excluding hydrogens is 340 g/mol. The van der Waals surface area contributed by atoms with Crippen LogP contribution < -0.4 is 16.6 Å². The van der Waals surface area contributed by atoms with Crippen molar-refractivity contribution < 1.29 is 0 Å². The van der Waals surface area contributed by atoms with Gasteiger partial charge in [0, 0.05) is 13.1 Å². The Morgan fingerprint density at radius 1 is 0.889 bits per heavy atom. The number of aromatic amines is 1. The van der Waals surface area contributed by atoms with E-state index in [1.54, 1.807) is 4.57 Å². The quantitative estimate of drug-likeness (QED) is 0.728. The summed E-state index contributed by atoms with van der Waals surface area (Å²) in [6, 6.07) is 20.1. The van der Waals surface area contributed by atoms with E-state index in [9.17, 15) is 9.59 Å². The smallest absolute Gasteiger partial charge is 0.330 e. The highest BCUT2D eigenvalue weighted by Crippen LogP contribution is 2.18. The summed E-state index contributed by atoms with van der Waals surface area (Å²) in [6.45, 7) is 2.40. The minimum absolute atomic E-state index is 0.309. The van der Waals surface area contributed by atoms with E-state index < -0.39 is 0 Å². The van der Waals surface area contributed by atoms with Crippen LogP contribution in [0.5, 0.6) is 0 Å². The van der Waals surface area contributed by atoms with Crippen molar-refractivity contribution in [3.8, 4) is 0 Å². The first-order valence-corrected chi connectivity index (χ1v) is 9.11. The fourth-order valence-corrected chi connectivity index (χ4v) is 3.43. The average molecular weight is 362 g/mol. The highest BCUT2D eigenvalue weighted by atomic mass is 16.2. The van der Waals surface area contributed by atoms with Crippen molar-refractivity contribution >= 4 is 5.82 Å². The van der Waals surface area contributed by atoms with Crippen molar-refractivity contribution in [3.05, 3.63) is 98.2 Å². The molecule has 0 fully saturated rings. The lowest BCUT2D eigenvalue weighted by Crippen LogP contribution is -2.44. The van der Waals surface area contributed by atoms with E-state index in [1.807, 2.05) is 48.5 Å². The van der Waals surface area contributed by atoms with Crippen LogP contribution in [-0.2, 0) is 19.5 Å². The summed E-state index contributed by atoms with van der Waals surface area (Å²) in [6.07, 6.45) is 0.916. The second-order valence-electron chi connectivity index (χ2n) is 6.78. The highest BCUT2D eigenvalue weighted by molar-refractivity contribution is 5.46. The van der Waals surface area contributed by atoms with Gasteiger partial charge in [0.15, 0.2) is 0 Å². The third-order valence-electron chi connectivity index (χ3n) is 4.89. The molecule has 0 spiro atoms. The van der Waals surface area contributed by atoms with Crippen LogP contribution in [0.4, 0.5) is 5.82 Å². The molecule has 3 aromatic rings. The Balaban J connectivity index is 1.55. The Hall–Kier alpha value is -3.12. The van der Waals surface area contributed by atoms with Crippen molar-refractivity contribution in [1.29, 1.82) is 0 Å². The van der Waals surface area contributed by atoms with Crippen LogP contribution in [0, 0.1) is 0 Å². The lowest BCUT2D eigenvalue weighted by atomic mass is 10.1. The molecule has 2 heterocycles. The molecule has 0 saturated carbocycles. The van der Waals surface area contributed by atoms with Crippen molar-refractivity contribution in [2.75, 3.05) is 18.5 Å². The molecule has 0 amide bonds. The molecule has 4 rings (SSSR count). The zero-order valence-electron chi connectivity index (χ0n) is 15.0. The molecular formula is C21H22N4O2. The van der Waals surface area contributed by atoms with Crippen LogP contribution in [0.3, 0.4) is 0 Å². The van der Waals surface area contributed by atoms with Crippen LogP contribution >= 0.6 is 0 Å². The minimum atomic E-state index is -0.382. The van der Waals surface area contributed by atoms with Crippen molar-refractivity contribution in [2.45, 2.75) is 19.5 Å². The number of nitrogens with one attached hydrogen (secondary N) is 2. The van der Waals surface area contributed by atoms with Gasteiger partial charge in [-0.2, -0.15) is 0 Å². The summed E-state index contributed by atoms with van der Waals surface area (Å²) in [7, 11) is 0. The monoisotopic (exact) mass is 362 g/mol. The summed E-state index contributed by atoms with van der Waals surface area (Å²) in [4.78, 5) is 29.4. The molecule has 6 nitrogen and oxygen atoms in total. The van der Waals surface area contributed by atoms with E-state index >= 15 is 0 Å². The molecule has 0 radical (unpaired) electrons. The van der Waals surface area contributed by atoms with Gasteiger partial charge in [0.25, 0.3) is 5.56 Å². The largest absolute Gasteiger partial charge is 0.358 e. The van der Waals surface area contributed by atoms with Gasteiger partial charge in [0.05, 0.1) is 18.8 Å². The second-order valence-corrected chi connectivity index (χ2v) is 6.78. The Morgan fingerprint density at radius 3 is 2.26 bits per heavy atom. The number of hydrogen-bond donors (Lipinski definition) is 2. The van der Waals surface area contributed by atoms with E-state index in [1.165, 1.54) is 5.56 Å². The molecule has 1 aromatic heterocycles. The first-order valence-electron chi connectivity index (χ1n) is 9.11. The van der Waals surface area contributed by atoms with E-state index in [-0.39, 0.29) is 11.2 Å². The number of H-pyrrole nitrogens is 1. The Morgan fingerprint density at radius 2 is 1.56 bits per heavy atom. The maximum absolute atomic E-state index is 12.4. The molecule has 2 N–H and O–H groups in total. The van der Waals surface area contributed by atoms with Gasteiger partial charge < -0.3 is 5.32 Å². The zero-order chi connectivity index (χ0) is 18.6. The summed E-state index contributed by atoms with van der Waals surface area (Å²) in [5.41, 5.74) is 2.21. The third-order valence-corrected chi connectivity index (χ3v) is 4.89. The minimum Gasteiger partial charge on any atom is -0.358 e. The van der Waals surface area contributed by atoms with E-state index in [4.69, 9.17) is 0 Å². The number of aromatic nitrogens is 2. The predicted molar refractivity (Wildman–Crippen MR) is 106 cm³/mol. The van der Waals surface area contributed by atoms with E-state index in [0.29, 0.717) is 31.1 Å².